The number of hydrogen-bond acceptors (Lipinski definition) is 4. The number of nitrogens with two attached hydrogens (primary N) is 1. The molecule has 2 aromatic rings. The fourth-order valence-electron chi connectivity index (χ4n) is 3.04. The standard InChI is InChI=1S/C18H21N3O3/c19-16-6-1-3-12(16)9-17(22)20-14-4-2-5-15(10-14)21-18(23)13-7-8-24-11-13/h2,4-5,7-8,10-12,16H,1,3,6,9,19H2,(H,20,22)(H,21,23)/t12-,16+/m0/s1. The number of anilines is 2. The lowest BCUT2D eigenvalue weighted by atomic mass is 10.00. The van der Waals surface area contributed by atoms with Crippen LogP contribution >= 0.6 is 0 Å². The van der Waals surface area contributed by atoms with Crippen LogP contribution in [-0.2, 0) is 4.79 Å². The number of hydrogen-bond donors (Lipinski definition) is 3. The van der Waals surface area contributed by atoms with Crippen LogP contribution in [0, 0.1) is 5.92 Å². The molecular weight excluding hydrogens is 306 g/mol. The van der Waals surface area contributed by atoms with Gasteiger partial charge in [-0.1, -0.05) is 12.5 Å². The Morgan fingerprint density at radius 3 is 2.62 bits per heavy atom. The van der Waals surface area contributed by atoms with Crippen molar-refractivity contribution >= 4 is 23.2 Å². The average molecular weight is 327 g/mol. The summed E-state index contributed by atoms with van der Waals surface area (Å²) < 4.78 is 4.89. The summed E-state index contributed by atoms with van der Waals surface area (Å²) >= 11 is 0. The van der Waals surface area contributed by atoms with Crippen molar-refractivity contribution < 1.29 is 14.0 Å². The van der Waals surface area contributed by atoms with Gasteiger partial charge in [0.2, 0.25) is 5.91 Å². The molecule has 1 aliphatic rings. The molecule has 0 saturated heterocycles. The second kappa shape index (κ2) is 7.31. The summed E-state index contributed by atoms with van der Waals surface area (Å²) in [5, 5.41) is 5.64. The molecule has 3 rings (SSSR count). The predicted octanol–water partition coefficient (Wildman–Crippen LogP) is 2.99. The fourth-order valence-corrected chi connectivity index (χ4v) is 3.04. The van der Waals surface area contributed by atoms with Gasteiger partial charge in [0, 0.05) is 23.8 Å². The van der Waals surface area contributed by atoms with Gasteiger partial charge in [0.25, 0.3) is 5.91 Å². The highest BCUT2D eigenvalue weighted by Crippen LogP contribution is 2.27. The van der Waals surface area contributed by atoms with Crippen LogP contribution in [0.3, 0.4) is 0 Å². The molecule has 6 heteroatoms. The first-order valence-electron chi connectivity index (χ1n) is 8.11. The molecule has 126 valence electrons. The summed E-state index contributed by atoms with van der Waals surface area (Å²) in [4.78, 5) is 24.2. The third kappa shape index (κ3) is 4.02. The van der Waals surface area contributed by atoms with Gasteiger partial charge in [-0.25, -0.2) is 0 Å². The molecule has 1 aromatic heterocycles. The van der Waals surface area contributed by atoms with E-state index in [1.807, 2.05) is 0 Å². The predicted molar refractivity (Wildman–Crippen MR) is 91.7 cm³/mol. The van der Waals surface area contributed by atoms with E-state index in [2.05, 4.69) is 10.6 Å². The van der Waals surface area contributed by atoms with Crippen LogP contribution in [0.2, 0.25) is 0 Å². The fraction of sp³-hybridized carbons (Fsp3) is 0.333. The molecule has 0 spiro atoms. The van der Waals surface area contributed by atoms with Crippen molar-refractivity contribution in [3.8, 4) is 0 Å². The van der Waals surface area contributed by atoms with Crippen molar-refractivity contribution in [3.63, 3.8) is 0 Å². The average Bonchev–Trinajstić information content (AvgIpc) is 3.20. The number of benzene rings is 1. The highest BCUT2D eigenvalue weighted by atomic mass is 16.3. The Morgan fingerprint density at radius 2 is 1.96 bits per heavy atom. The lowest BCUT2D eigenvalue weighted by Gasteiger charge is -2.15. The summed E-state index contributed by atoms with van der Waals surface area (Å²) in [7, 11) is 0. The van der Waals surface area contributed by atoms with E-state index < -0.39 is 0 Å². The first-order valence-corrected chi connectivity index (χ1v) is 8.11. The molecule has 2 atom stereocenters. The number of furan rings is 1. The van der Waals surface area contributed by atoms with Gasteiger partial charge in [-0.15, -0.1) is 0 Å². The van der Waals surface area contributed by atoms with E-state index in [0.717, 1.165) is 19.3 Å². The summed E-state index contributed by atoms with van der Waals surface area (Å²) in [5.74, 6) is -0.0474. The van der Waals surface area contributed by atoms with Crippen molar-refractivity contribution in [1.29, 1.82) is 0 Å². The number of carbonyl (C=O) groups is 2. The van der Waals surface area contributed by atoms with Crippen LogP contribution in [0.5, 0.6) is 0 Å². The Morgan fingerprint density at radius 1 is 1.17 bits per heavy atom. The van der Waals surface area contributed by atoms with E-state index in [4.69, 9.17) is 10.2 Å². The van der Waals surface area contributed by atoms with Gasteiger partial charge in [-0.2, -0.15) is 0 Å². The van der Waals surface area contributed by atoms with Crippen LogP contribution < -0.4 is 16.4 Å². The highest BCUT2D eigenvalue weighted by molar-refractivity contribution is 6.04. The maximum atomic E-state index is 12.2. The van der Waals surface area contributed by atoms with Gasteiger partial charge in [0.05, 0.1) is 11.8 Å². The van der Waals surface area contributed by atoms with Gasteiger partial charge in [0.1, 0.15) is 6.26 Å². The zero-order valence-corrected chi connectivity index (χ0v) is 13.3. The molecule has 0 aliphatic heterocycles. The first kappa shape index (κ1) is 16.3. The van der Waals surface area contributed by atoms with E-state index in [-0.39, 0.29) is 23.8 Å². The third-order valence-corrected chi connectivity index (χ3v) is 4.35. The molecule has 0 radical (unpaired) electrons. The normalized spacial score (nSPS) is 19.9. The van der Waals surface area contributed by atoms with E-state index in [0.29, 0.717) is 23.4 Å². The minimum atomic E-state index is -0.260. The summed E-state index contributed by atoms with van der Waals surface area (Å²) in [5.41, 5.74) is 7.71. The molecule has 1 fully saturated rings. The van der Waals surface area contributed by atoms with Crippen LogP contribution in [0.4, 0.5) is 11.4 Å². The number of nitrogens with one attached hydrogen (secondary N) is 2. The SMILES string of the molecule is N[C@@H]1CCC[C@H]1CC(=O)Nc1cccc(NC(=O)c2ccoc2)c1. The van der Waals surface area contributed by atoms with Crippen molar-refractivity contribution in [3.05, 3.63) is 48.4 Å². The van der Waals surface area contributed by atoms with E-state index >= 15 is 0 Å². The molecule has 0 unspecified atom stereocenters. The molecule has 1 heterocycles. The molecule has 6 nitrogen and oxygen atoms in total. The topological polar surface area (TPSA) is 97.4 Å². The van der Waals surface area contributed by atoms with Crippen molar-refractivity contribution in [2.45, 2.75) is 31.7 Å². The second-order valence-corrected chi connectivity index (χ2v) is 6.15. The molecule has 1 aliphatic carbocycles. The molecule has 4 N–H and O–H groups in total. The third-order valence-electron chi connectivity index (χ3n) is 4.35. The van der Waals surface area contributed by atoms with Gasteiger partial charge in [-0.3, -0.25) is 9.59 Å². The first-order chi connectivity index (χ1) is 11.6. The zero-order chi connectivity index (χ0) is 16.9. The largest absolute Gasteiger partial charge is 0.472 e. The van der Waals surface area contributed by atoms with Crippen LogP contribution in [-0.4, -0.2) is 17.9 Å². The lowest BCUT2D eigenvalue weighted by Crippen LogP contribution is -2.28. The Hall–Kier alpha value is -2.60. The Labute approximate surface area is 140 Å². The van der Waals surface area contributed by atoms with Gasteiger partial charge < -0.3 is 20.8 Å². The Balaban J connectivity index is 1.58. The highest BCUT2D eigenvalue weighted by Gasteiger charge is 2.26. The van der Waals surface area contributed by atoms with E-state index in [9.17, 15) is 9.59 Å². The van der Waals surface area contributed by atoms with Crippen LogP contribution in [0.25, 0.3) is 0 Å². The van der Waals surface area contributed by atoms with Crippen molar-refractivity contribution in [1.82, 2.24) is 0 Å². The van der Waals surface area contributed by atoms with Crippen molar-refractivity contribution in [2.75, 3.05) is 10.6 Å². The molecule has 1 saturated carbocycles. The lowest BCUT2D eigenvalue weighted by molar-refractivity contribution is -0.117. The minimum absolute atomic E-state index is 0.0457. The van der Waals surface area contributed by atoms with E-state index in [1.165, 1.54) is 12.5 Å². The van der Waals surface area contributed by atoms with Gasteiger partial charge in [0.15, 0.2) is 0 Å². The Kier molecular flexibility index (Phi) is 4.96. The summed E-state index contributed by atoms with van der Waals surface area (Å²) in [6, 6.07) is 8.77. The number of carbonyl (C=O) groups excluding carboxylic acids is 2. The van der Waals surface area contributed by atoms with Crippen LogP contribution in [0.15, 0.2) is 47.3 Å². The molecule has 0 bridgehead atoms. The van der Waals surface area contributed by atoms with E-state index in [1.54, 1.807) is 30.3 Å². The summed E-state index contributed by atoms with van der Waals surface area (Å²) in [6.07, 6.45) is 6.36. The minimum Gasteiger partial charge on any atom is -0.472 e. The molecule has 2 amide bonds. The van der Waals surface area contributed by atoms with Gasteiger partial charge in [-0.05, 0) is 43.0 Å². The number of amides is 2. The van der Waals surface area contributed by atoms with Gasteiger partial charge >= 0.3 is 0 Å². The van der Waals surface area contributed by atoms with Crippen molar-refractivity contribution in [2.24, 2.45) is 11.7 Å². The Bertz CT molecular complexity index is 712. The second-order valence-electron chi connectivity index (χ2n) is 6.15. The maximum Gasteiger partial charge on any atom is 0.258 e. The summed E-state index contributed by atoms with van der Waals surface area (Å²) in [6.45, 7) is 0. The molecular formula is C18H21N3O3. The molecule has 24 heavy (non-hydrogen) atoms. The van der Waals surface area contributed by atoms with Crippen LogP contribution in [0.1, 0.15) is 36.0 Å². The quantitative estimate of drug-likeness (QED) is 0.786. The number of rotatable bonds is 5. The zero-order valence-electron chi connectivity index (χ0n) is 13.3. The monoisotopic (exact) mass is 327 g/mol. The maximum absolute atomic E-state index is 12.2. The smallest absolute Gasteiger partial charge is 0.258 e. The molecule has 1 aromatic carbocycles.